The third-order valence-corrected chi connectivity index (χ3v) is 14.1. The topological polar surface area (TPSA) is 93.1 Å². The monoisotopic (exact) mass is 530 g/mol. The van der Waals surface area contributed by atoms with Crippen molar-refractivity contribution in [2.45, 2.75) is 92.1 Å². The summed E-state index contributed by atoms with van der Waals surface area (Å²) < 4.78 is 10.8. The lowest BCUT2D eigenvalue weighted by Gasteiger charge is -2.70. The van der Waals surface area contributed by atoms with E-state index in [0.717, 1.165) is 51.4 Å². The van der Waals surface area contributed by atoms with Crippen LogP contribution in [0.4, 0.5) is 0 Å². The molecule has 0 aromatic carbocycles. The molecule has 5 aliphatic rings. The Labute approximate surface area is 228 Å². The quantitative estimate of drug-likeness (QED) is 0.385. The molecule has 0 heterocycles. The van der Waals surface area contributed by atoms with Crippen LogP contribution in [0.2, 0.25) is 0 Å². The van der Waals surface area contributed by atoms with Gasteiger partial charge < -0.3 is 19.7 Å². The number of methoxy groups -OCH3 is 2. The highest BCUT2D eigenvalue weighted by Crippen LogP contribution is 2.79. The Hall–Kier alpha value is -1.40. The molecule has 12 atom stereocenters. The van der Waals surface area contributed by atoms with Crippen molar-refractivity contribution in [1.82, 2.24) is 0 Å². The molecule has 38 heavy (non-hydrogen) atoms. The number of rotatable bonds is 4. The number of hydrogen-bond donors (Lipinski definition) is 2. The highest BCUT2D eigenvalue weighted by molar-refractivity contribution is 5.78. The summed E-state index contributed by atoms with van der Waals surface area (Å²) in [5, 5.41) is 22.1. The molecular weight excluding hydrogens is 480 g/mol. The van der Waals surface area contributed by atoms with Gasteiger partial charge in [-0.1, -0.05) is 39.8 Å². The van der Waals surface area contributed by atoms with Crippen LogP contribution in [0.15, 0.2) is 12.2 Å². The van der Waals surface area contributed by atoms with Gasteiger partial charge in [0.15, 0.2) is 0 Å². The first-order valence-corrected chi connectivity index (χ1v) is 14.8. The van der Waals surface area contributed by atoms with Crippen LogP contribution in [0.25, 0.3) is 0 Å². The average molecular weight is 531 g/mol. The predicted molar refractivity (Wildman–Crippen MR) is 145 cm³/mol. The zero-order valence-corrected chi connectivity index (χ0v) is 24.6. The van der Waals surface area contributed by atoms with Crippen molar-refractivity contribution in [3.8, 4) is 0 Å². The smallest absolute Gasteiger partial charge is 0.312 e. The summed E-state index contributed by atoms with van der Waals surface area (Å²) in [6.45, 7) is 15.4. The number of esters is 2. The summed E-state index contributed by atoms with van der Waals surface area (Å²) in [6, 6.07) is 0. The van der Waals surface area contributed by atoms with Gasteiger partial charge in [0.05, 0.1) is 38.3 Å². The van der Waals surface area contributed by atoms with Crippen molar-refractivity contribution in [3.05, 3.63) is 12.2 Å². The predicted octanol–water partition coefficient (Wildman–Crippen LogP) is 5.16. The SMILES string of the molecule is C=C(C)[C@@H]1CC[C@@]2(C(=O)OC)CC[C@]3(C)[C@H](CC[C@@H]4[C@@]5(C)[C@H](CC[C@]43C)[C@@](C)(CO)[C@H](O)[C@@H]5C(=O)OC)[C@@H]12. The maximum Gasteiger partial charge on any atom is 0.312 e. The Morgan fingerprint density at radius 3 is 2.16 bits per heavy atom. The van der Waals surface area contributed by atoms with E-state index in [4.69, 9.17) is 9.47 Å². The third-order valence-electron chi connectivity index (χ3n) is 14.1. The van der Waals surface area contributed by atoms with Crippen LogP contribution < -0.4 is 0 Å². The van der Waals surface area contributed by atoms with E-state index < -0.39 is 28.3 Å². The van der Waals surface area contributed by atoms with Crippen LogP contribution in [0.3, 0.4) is 0 Å². The van der Waals surface area contributed by atoms with Gasteiger partial charge in [-0.3, -0.25) is 9.59 Å². The molecule has 5 rings (SSSR count). The number of fused-ring (bicyclic) bond motifs is 7. The molecule has 0 bridgehead atoms. The maximum absolute atomic E-state index is 13.4. The first-order valence-electron chi connectivity index (χ1n) is 14.8. The highest BCUT2D eigenvalue weighted by atomic mass is 16.5. The van der Waals surface area contributed by atoms with Crippen molar-refractivity contribution >= 4 is 11.9 Å². The molecule has 0 aromatic heterocycles. The van der Waals surface area contributed by atoms with Crippen LogP contribution in [-0.2, 0) is 19.1 Å². The number of allylic oxidation sites excluding steroid dienone is 1. The van der Waals surface area contributed by atoms with Gasteiger partial charge in [-0.15, -0.1) is 0 Å². The molecule has 6 nitrogen and oxygen atoms in total. The molecule has 0 radical (unpaired) electrons. The van der Waals surface area contributed by atoms with E-state index in [9.17, 15) is 19.8 Å². The molecule has 5 fully saturated rings. The minimum absolute atomic E-state index is 0.0199. The Balaban J connectivity index is 1.62. The number of carbonyl (C=O) groups is 2. The first-order chi connectivity index (χ1) is 17.7. The van der Waals surface area contributed by atoms with Gasteiger partial charge in [-0.05, 0) is 104 Å². The van der Waals surface area contributed by atoms with Crippen LogP contribution in [0.5, 0.6) is 0 Å². The Morgan fingerprint density at radius 1 is 0.895 bits per heavy atom. The molecule has 0 spiro atoms. The summed E-state index contributed by atoms with van der Waals surface area (Å²) >= 11 is 0. The normalized spacial score (nSPS) is 53.2. The van der Waals surface area contributed by atoms with E-state index in [2.05, 4.69) is 34.3 Å². The van der Waals surface area contributed by atoms with Gasteiger partial charge in [0.2, 0.25) is 0 Å². The number of aliphatic hydroxyl groups is 2. The zero-order valence-electron chi connectivity index (χ0n) is 24.6. The number of aliphatic hydroxyl groups excluding tert-OH is 2. The second kappa shape index (κ2) is 8.80. The fourth-order valence-corrected chi connectivity index (χ4v) is 12.1. The standard InChI is InChI=1S/C32H50O6/c1-18(2)19-11-14-32(27(36)38-8)16-15-29(4)20(23(19)32)9-10-22-30(29,5)13-12-21-28(3,17-33)25(34)24(26(35)37-7)31(21,22)6/h19-25,33-34H,1,9-17H2,2-8H3/t19-,20+,21+,22-,23+,24+,25+,28+,29+,30+,31+,32+/m0/s1. The van der Waals surface area contributed by atoms with E-state index in [1.165, 1.54) is 19.8 Å². The second-order valence-electron chi connectivity index (χ2n) is 14.8. The van der Waals surface area contributed by atoms with Gasteiger partial charge in [0.1, 0.15) is 0 Å². The Kier molecular flexibility index (Phi) is 6.52. The van der Waals surface area contributed by atoms with Crippen LogP contribution in [0, 0.1) is 62.6 Å². The van der Waals surface area contributed by atoms with E-state index in [1.807, 2.05) is 6.92 Å². The van der Waals surface area contributed by atoms with Gasteiger partial charge in [0, 0.05) is 5.41 Å². The lowest BCUT2D eigenvalue weighted by Crippen LogP contribution is -2.65. The fourth-order valence-electron chi connectivity index (χ4n) is 12.1. The molecular formula is C32H50O6. The van der Waals surface area contributed by atoms with Crippen molar-refractivity contribution in [2.24, 2.45) is 62.6 Å². The van der Waals surface area contributed by atoms with Crippen LogP contribution in [0.1, 0.15) is 86.0 Å². The van der Waals surface area contributed by atoms with Crippen LogP contribution >= 0.6 is 0 Å². The van der Waals surface area contributed by atoms with Gasteiger partial charge in [0.25, 0.3) is 0 Å². The minimum Gasteiger partial charge on any atom is -0.469 e. The molecule has 6 heteroatoms. The molecule has 0 aromatic rings. The van der Waals surface area contributed by atoms with Gasteiger partial charge in [-0.25, -0.2) is 0 Å². The minimum atomic E-state index is -0.941. The molecule has 2 N–H and O–H groups in total. The van der Waals surface area contributed by atoms with E-state index in [1.54, 1.807) is 0 Å². The number of hydrogen-bond acceptors (Lipinski definition) is 6. The second-order valence-corrected chi connectivity index (χ2v) is 14.8. The molecule has 0 unspecified atom stereocenters. The Morgan fingerprint density at radius 2 is 1.58 bits per heavy atom. The molecule has 0 amide bonds. The molecule has 214 valence electrons. The molecule has 0 saturated heterocycles. The first kappa shape index (κ1) is 28.1. The lowest BCUT2D eigenvalue weighted by atomic mass is 9.33. The Bertz CT molecular complexity index is 1020. The zero-order chi connectivity index (χ0) is 28.1. The lowest BCUT2D eigenvalue weighted by molar-refractivity contribution is -0.230. The van der Waals surface area contributed by atoms with Crippen molar-refractivity contribution in [2.75, 3.05) is 20.8 Å². The highest BCUT2D eigenvalue weighted by Gasteiger charge is 2.76. The van der Waals surface area contributed by atoms with Crippen molar-refractivity contribution in [1.29, 1.82) is 0 Å². The van der Waals surface area contributed by atoms with E-state index in [-0.39, 0.29) is 47.1 Å². The van der Waals surface area contributed by atoms with Gasteiger partial charge >= 0.3 is 11.9 Å². The fraction of sp³-hybridized carbons (Fsp3) is 0.875. The summed E-state index contributed by atoms with van der Waals surface area (Å²) in [5.74, 6) is 0.0919. The number of carbonyl (C=O) groups excluding carboxylic acids is 2. The summed E-state index contributed by atoms with van der Waals surface area (Å²) in [7, 11) is 2.94. The molecule has 5 aliphatic carbocycles. The summed E-state index contributed by atoms with van der Waals surface area (Å²) in [6.07, 6.45) is 6.52. The van der Waals surface area contributed by atoms with Gasteiger partial charge in [-0.2, -0.15) is 0 Å². The average Bonchev–Trinajstić information content (AvgIpc) is 3.36. The molecule has 0 aliphatic heterocycles. The summed E-state index contributed by atoms with van der Waals surface area (Å²) in [5.41, 5.74) is -0.565. The van der Waals surface area contributed by atoms with Crippen molar-refractivity contribution in [3.63, 3.8) is 0 Å². The summed E-state index contributed by atoms with van der Waals surface area (Å²) in [4.78, 5) is 26.7. The van der Waals surface area contributed by atoms with Crippen molar-refractivity contribution < 1.29 is 29.3 Å². The van der Waals surface area contributed by atoms with E-state index in [0.29, 0.717) is 11.8 Å². The number of ether oxygens (including phenoxy) is 2. The third kappa shape index (κ3) is 3.08. The largest absolute Gasteiger partial charge is 0.469 e. The van der Waals surface area contributed by atoms with E-state index >= 15 is 0 Å². The molecule has 5 saturated carbocycles. The maximum atomic E-state index is 13.4. The van der Waals surface area contributed by atoms with Crippen LogP contribution in [-0.4, -0.2) is 49.1 Å².